The van der Waals surface area contributed by atoms with E-state index in [0.717, 1.165) is 18.5 Å². The smallest absolute Gasteiger partial charge is 0.127 e. The van der Waals surface area contributed by atoms with Crippen molar-refractivity contribution in [3.63, 3.8) is 0 Å². The largest absolute Gasteiger partial charge is 0.313 e. The highest BCUT2D eigenvalue weighted by molar-refractivity contribution is 7.99. The molecule has 0 fully saturated rings. The van der Waals surface area contributed by atoms with Crippen LogP contribution in [0.3, 0.4) is 0 Å². The Balaban J connectivity index is 2.12. The zero-order valence-corrected chi connectivity index (χ0v) is 9.95. The third-order valence-electron chi connectivity index (χ3n) is 2.12. The lowest BCUT2D eigenvalue weighted by molar-refractivity contribution is 0.587. The van der Waals surface area contributed by atoms with Crippen LogP contribution in [0.2, 0.25) is 0 Å². The topological polar surface area (TPSA) is 12.0 Å². The van der Waals surface area contributed by atoms with Gasteiger partial charge in [0.05, 0.1) is 0 Å². The maximum Gasteiger partial charge on any atom is 0.127 e. The molecule has 0 aliphatic heterocycles. The van der Waals surface area contributed by atoms with Crippen molar-refractivity contribution in [2.24, 2.45) is 0 Å². The summed E-state index contributed by atoms with van der Waals surface area (Å²) in [5.41, 5.74) is 0.751. The summed E-state index contributed by atoms with van der Waals surface area (Å²) >= 11 is 1.94. The summed E-state index contributed by atoms with van der Waals surface area (Å²) in [6, 6.07) is 6.91. The van der Waals surface area contributed by atoms with Crippen LogP contribution in [0.25, 0.3) is 0 Å². The molecule has 1 N–H and O–H groups in total. The molecular weight excluding hydrogens is 209 g/mol. The second-order valence-electron chi connectivity index (χ2n) is 3.32. The van der Waals surface area contributed by atoms with Crippen molar-refractivity contribution < 1.29 is 4.39 Å². The number of rotatable bonds is 7. The van der Waals surface area contributed by atoms with E-state index in [-0.39, 0.29) is 5.82 Å². The van der Waals surface area contributed by atoms with E-state index in [1.807, 2.05) is 23.9 Å². The van der Waals surface area contributed by atoms with Gasteiger partial charge < -0.3 is 5.32 Å². The first-order valence-electron chi connectivity index (χ1n) is 5.36. The molecule has 0 atom stereocenters. The summed E-state index contributed by atoms with van der Waals surface area (Å²) in [7, 11) is 0. The number of hydrogen-bond acceptors (Lipinski definition) is 2. The number of thioether (sulfide) groups is 1. The van der Waals surface area contributed by atoms with Crippen LogP contribution >= 0.6 is 11.8 Å². The normalized spacial score (nSPS) is 10.5. The molecule has 1 aromatic carbocycles. The molecule has 0 saturated heterocycles. The summed E-state index contributed by atoms with van der Waals surface area (Å²) in [6.07, 6.45) is 1.15. The molecule has 0 aliphatic rings. The lowest BCUT2D eigenvalue weighted by Gasteiger charge is -2.05. The van der Waals surface area contributed by atoms with Crippen molar-refractivity contribution in [1.29, 1.82) is 0 Å². The standard InChI is InChI=1S/C12H18FNS/c1-2-15-9-5-8-14-10-11-6-3-4-7-12(11)13/h3-4,6-7,14H,2,5,8-10H2,1H3. The third-order valence-corrected chi connectivity index (χ3v) is 3.11. The van der Waals surface area contributed by atoms with Gasteiger partial charge in [-0.3, -0.25) is 0 Å². The molecule has 0 aromatic heterocycles. The zero-order chi connectivity index (χ0) is 10.9. The quantitative estimate of drug-likeness (QED) is 0.718. The monoisotopic (exact) mass is 227 g/mol. The maximum absolute atomic E-state index is 13.2. The Morgan fingerprint density at radius 1 is 1.33 bits per heavy atom. The summed E-state index contributed by atoms with van der Waals surface area (Å²) in [5, 5.41) is 3.25. The minimum absolute atomic E-state index is 0.118. The Morgan fingerprint density at radius 3 is 2.87 bits per heavy atom. The highest BCUT2D eigenvalue weighted by Crippen LogP contribution is 2.05. The molecule has 1 rings (SSSR count). The van der Waals surface area contributed by atoms with E-state index in [4.69, 9.17) is 0 Å². The zero-order valence-electron chi connectivity index (χ0n) is 9.13. The maximum atomic E-state index is 13.2. The average Bonchev–Trinajstić information content (AvgIpc) is 2.25. The van der Waals surface area contributed by atoms with Crippen molar-refractivity contribution >= 4 is 11.8 Å². The first kappa shape index (κ1) is 12.5. The van der Waals surface area contributed by atoms with E-state index < -0.39 is 0 Å². The van der Waals surface area contributed by atoms with Crippen molar-refractivity contribution in [3.8, 4) is 0 Å². The molecule has 0 unspecified atom stereocenters. The fourth-order valence-electron chi connectivity index (χ4n) is 1.31. The summed E-state index contributed by atoms with van der Waals surface area (Å²) in [5.74, 6) is 2.24. The molecule has 0 saturated carbocycles. The lowest BCUT2D eigenvalue weighted by atomic mass is 10.2. The Hall–Kier alpha value is -0.540. The molecule has 0 bridgehead atoms. The van der Waals surface area contributed by atoms with Crippen molar-refractivity contribution in [3.05, 3.63) is 35.6 Å². The Kier molecular flexibility index (Phi) is 6.44. The molecule has 0 amide bonds. The van der Waals surface area contributed by atoms with Crippen LogP contribution in [0.5, 0.6) is 0 Å². The predicted molar refractivity (Wildman–Crippen MR) is 65.7 cm³/mol. The van der Waals surface area contributed by atoms with E-state index in [1.54, 1.807) is 6.07 Å². The van der Waals surface area contributed by atoms with E-state index in [9.17, 15) is 4.39 Å². The van der Waals surface area contributed by atoms with Crippen molar-refractivity contribution in [1.82, 2.24) is 5.32 Å². The van der Waals surface area contributed by atoms with Crippen molar-refractivity contribution in [2.45, 2.75) is 19.9 Å². The van der Waals surface area contributed by atoms with E-state index in [2.05, 4.69) is 12.2 Å². The van der Waals surface area contributed by atoms with Crippen LogP contribution in [-0.2, 0) is 6.54 Å². The van der Waals surface area contributed by atoms with Crippen molar-refractivity contribution in [2.75, 3.05) is 18.1 Å². The first-order chi connectivity index (χ1) is 7.34. The number of benzene rings is 1. The van der Waals surface area contributed by atoms with Crippen LogP contribution in [0, 0.1) is 5.82 Å². The molecule has 3 heteroatoms. The third kappa shape index (κ3) is 5.19. The van der Waals surface area contributed by atoms with Gasteiger partial charge in [-0.25, -0.2) is 4.39 Å². The van der Waals surface area contributed by atoms with Gasteiger partial charge in [0, 0.05) is 12.1 Å². The van der Waals surface area contributed by atoms with Crippen LogP contribution in [-0.4, -0.2) is 18.1 Å². The highest BCUT2D eigenvalue weighted by atomic mass is 32.2. The van der Waals surface area contributed by atoms with Gasteiger partial charge >= 0.3 is 0 Å². The SMILES string of the molecule is CCSCCCNCc1ccccc1F. The van der Waals surface area contributed by atoms with Gasteiger partial charge in [-0.05, 0) is 30.5 Å². The lowest BCUT2D eigenvalue weighted by Crippen LogP contribution is -2.16. The van der Waals surface area contributed by atoms with E-state index in [0.29, 0.717) is 6.54 Å². The average molecular weight is 227 g/mol. The molecule has 1 nitrogen and oxygen atoms in total. The van der Waals surface area contributed by atoms with Gasteiger partial charge in [-0.15, -0.1) is 0 Å². The predicted octanol–water partition coefficient (Wildman–Crippen LogP) is 3.06. The van der Waals surface area contributed by atoms with Crippen LogP contribution in [0.1, 0.15) is 18.9 Å². The van der Waals surface area contributed by atoms with Gasteiger partial charge in [-0.2, -0.15) is 11.8 Å². The fraction of sp³-hybridized carbons (Fsp3) is 0.500. The van der Waals surface area contributed by atoms with Gasteiger partial charge in [0.2, 0.25) is 0 Å². The second-order valence-corrected chi connectivity index (χ2v) is 4.71. The Morgan fingerprint density at radius 2 is 2.13 bits per heavy atom. The van der Waals surface area contributed by atoms with Gasteiger partial charge in [0.15, 0.2) is 0 Å². The molecular formula is C12H18FNS. The van der Waals surface area contributed by atoms with Gasteiger partial charge in [-0.1, -0.05) is 25.1 Å². The molecule has 0 radical (unpaired) electrons. The second kappa shape index (κ2) is 7.71. The highest BCUT2D eigenvalue weighted by Gasteiger charge is 1.98. The molecule has 84 valence electrons. The van der Waals surface area contributed by atoms with Crippen LogP contribution < -0.4 is 5.32 Å². The van der Waals surface area contributed by atoms with Crippen LogP contribution in [0.15, 0.2) is 24.3 Å². The summed E-state index contributed by atoms with van der Waals surface area (Å²) in [4.78, 5) is 0. The van der Waals surface area contributed by atoms with Gasteiger partial charge in [0.25, 0.3) is 0 Å². The molecule has 15 heavy (non-hydrogen) atoms. The number of hydrogen-bond donors (Lipinski definition) is 1. The number of nitrogens with one attached hydrogen (secondary N) is 1. The fourth-order valence-corrected chi connectivity index (χ4v) is 1.95. The van der Waals surface area contributed by atoms with Crippen LogP contribution in [0.4, 0.5) is 4.39 Å². The van der Waals surface area contributed by atoms with Gasteiger partial charge in [0.1, 0.15) is 5.82 Å². The Labute approximate surface area is 95.5 Å². The first-order valence-corrected chi connectivity index (χ1v) is 6.52. The van der Waals surface area contributed by atoms with E-state index in [1.165, 1.54) is 17.6 Å². The summed E-state index contributed by atoms with van der Waals surface area (Å²) < 4.78 is 13.2. The summed E-state index contributed by atoms with van der Waals surface area (Å²) in [6.45, 7) is 3.75. The molecule has 0 heterocycles. The van der Waals surface area contributed by atoms with E-state index >= 15 is 0 Å². The Bertz CT molecular complexity index is 278. The number of halogens is 1. The molecule has 1 aromatic rings. The molecule has 0 spiro atoms. The minimum Gasteiger partial charge on any atom is -0.313 e. The molecule has 0 aliphatic carbocycles. The minimum atomic E-state index is -0.118.